The molecule has 0 radical (unpaired) electrons. The smallest absolute Gasteiger partial charge is 0.322 e. The van der Waals surface area contributed by atoms with Gasteiger partial charge in [0, 0.05) is 11.3 Å². The maximum Gasteiger partial charge on any atom is 0.322 e. The van der Waals surface area contributed by atoms with Crippen LogP contribution in [0.1, 0.15) is 22.3 Å². The fourth-order valence-electron chi connectivity index (χ4n) is 3.81. The van der Waals surface area contributed by atoms with Gasteiger partial charge < -0.3 is 10.2 Å². The van der Waals surface area contributed by atoms with Crippen molar-refractivity contribution in [3.63, 3.8) is 0 Å². The lowest BCUT2D eigenvalue weighted by Crippen LogP contribution is -2.51. The standard InChI is InChI=1S/C23H19N3O2/c1-15-12-13-18(14-16(15)2)26-21(17-8-4-3-5-9-17)25-28-23(26)19-10-6-7-11-20(19)24-22(23)27/h3-14H,1-2H3,(H,24,27). The van der Waals surface area contributed by atoms with Gasteiger partial charge >= 0.3 is 5.72 Å². The number of oxime groups is 1. The molecule has 1 unspecified atom stereocenters. The van der Waals surface area contributed by atoms with E-state index in [1.165, 1.54) is 5.56 Å². The van der Waals surface area contributed by atoms with Gasteiger partial charge in [-0.2, -0.15) is 0 Å². The Morgan fingerprint density at radius 2 is 1.68 bits per heavy atom. The highest BCUT2D eigenvalue weighted by Gasteiger charge is 2.59. The largest absolute Gasteiger partial charge is 0.349 e. The highest BCUT2D eigenvalue weighted by molar-refractivity contribution is 6.19. The minimum absolute atomic E-state index is 0.249. The number of benzene rings is 3. The van der Waals surface area contributed by atoms with E-state index in [0.717, 1.165) is 28.1 Å². The molecule has 0 saturated heterocycles. The van der Waals surface area contributed by atoms with Crippen molar-refractivity contribution >= 4 is 23.1 Å². The minimum Gasteiger partial charge on any atom is -0.349 e. The minimum atomic E-state index is -1.36. The Hall–Kier alpha value is -3.60. The van der Waals surface area contributed by atoms with Gasteiger partial charge in [0.25, 0.3) is 5.91 Å². The Morgan fingerprint density at radius 3 is 2.46 bits per heavy atom. The molecule has 1 N–H and O–H groups in total. The van der Waals surface area contributed by atoms with Crippen molar-refractivity contribution in [1.82, 2.24) is 0 Å². The van der Waals surface area contributed by atoms with Crippen LogP contribution in [0.2, 0.25) is 0 Å². The number of amidine groups is 1. The van der Waals surface area contributed by atoms with E-state index in [0.29, 0.717) is 5.84 Å². The first-order valence-electron chi connectivity index (χ1n) is 9.21. The molecule has 0 aromatic heterocycles. The summed E-state index contributed by atoms with van der Waals surface area (Å²) in [5, 5.41) is 7.33. The summed E-state index contributed by atoms with van der Waals surface area (Å²) in [7, 11) is 0. The molecule has 1 atom stereocenters. The first-order valence-corrected chi connectivity index (χ1v) is 9.21. The quantitative estimate of drug-likeness (QED) is 0.732. The molecule has 2 heterocycles. The van der Waals surface area contributed by atoms with E-state index < -0.39 is 5.72 Å². The predicted octanol–water partition coefficient (Wildman–Crippen LogP) is 4.31. The lowest BCUT2D eigenvalue weighted by Gasteiger charge is -2.33. The molecule has 28 heavy (non-hydrogen) atoms. The van der Waals surface area contributed by atoms with Gasteiger partial charge in [-0.15, -0.1) is 0 Å². The Labute approximate surface area is 163 Å². The van der Waals surface area contributed by atoms with Crippen LogP contribution >= 0.6 is 0 Å². The normalized spacial score (nSPS) is 20.0. The zero-order chi connectivity index (χ0) is 19.3. The number of nitrogens with one attached hydrogen (secondary N) is 1. The van der Waals surface area contributed by atoms with Crippen LogP contribution in [0.3, 0.4) is 0 Å². The van der Waals surface area contributed by atoms with Crippen molar-refractivity contribution in [3.8, 4) is 0 Å². The Balaban J connectivity index is 1.75. The second-order valence-corrected chi connectivity index (χ2v) is 7.12. The molecule has 5 rings (SSSR count). The zero-order valence-electron chi connectivity index (χ0n) is 15.6. The predicted molar refractivity (Wildman–Crippen MR) is 109 cm³/mol. The van der Waals surface area contributed by atoms with Crippen LogP contribution in [0.4, 0.5) is 11.4 Å². The van der Waals surface area contributed by atoms with Crippen molar-refractivity contribution in [1.29, 1.82) is 0 Å². The molecule has 0 saturated carbocycles. The van der Waals surface area contributed by atoms with E-state index in [4.69, 9.17) is 4.84 Å². The molecular weight excluding hydrogens is 350 g/mol. The van der Waals surface area contributed by atoms with Gasteiger partial charge in [0.1, 0.15) is 0 Å². The highest BCUT2D eigenvalue weighted by Crippen LogP contribution is 2.47. The molecule has 5 heteroatoms. The SMILES string of the molecule is Cc1ccc(N2C(c3ccccc3)=NOC23C(=O)Nc2ccccc23)cc1C. The molecule has 3 aromatic carbocycles. The van der Waals surface area contributed by atoms with Crippen molar-refractivity contribution in [2.45, 2.75) is 19.6 Å². The Morgan fingerprint density at radius 1 is 0.929 bits per heavy atom. The van der Waals surface area contributed by atoms with Crippen LogP contribution in [0.5, 0.6) is 0 Å². The average molecular weight is 369 g/mol. The molecular formula is C23H19N3O2. The monoisotopic (exact) mass is 369 g/mol. The number of aryl methyl sites for hydroxylation is 2. The van der Waals surface area contributed by atoms with Crippen LogP contribution in [-0.2, 0) is 15.4 Å². The summed E-state index contributed by atoms with van der Waals surface area (Å²) in [5.74, 6) is 0.359. The number of carbonyl (C=O) groups excluding carboxylic acids is 1. The lowest BCUT2D eigenvalue weighted by atomic mass is 9.99. The van der Waals surface area contributed by atoms with Crippen LogP contribution < -0.4 is 10.2 Å². The number of nitrogens with zero attached hydrogens (tertiary/aromatic N) is 2. The topological polar surface area (TPSA) is 53.9 Å². The molecule has 0 aliphatic carbocycles. The van der Waals surface area contributed by atoms with Gasteiger partial charge in [-0.1, -0.05) is 59.8 Å². The molecule has 2 aliphatic heterocycles. The summed E-state index contributed by atoms with van der Waals surface area (Å²) >= 11 is 0. The van der Waals surface area contributed by atoms with Crippen molar-refractivity contribution in [2.24, 2.45) is 5.16 Å². The van der Waals surface area contributed by atoms with Crippen LogP contribution in [0.15, 0.2) is 78.0 Å². The summed E-state index contributed by atoms with van der Waals surface area (Å²) in [6.45, 7) is 4.13. The first kappa shape index (κ1) is 16.6. The first-order chi connectivity index (χ1) is 13.6. The number of amides is 1. The van der Waals surface area contributed by atoms with Crippen LogP contribution in [0.25, 0.3) is 0 Å². The Bertz CT molecular complexity index is 1120. The van der Waals surface area contributed by atoms with Gasteiger partial charge in [-0.25, -0.2) is 0 Å². The molecule has 3 aromatic rings. The third-order valence-corrected chi connectivity index (χ3v) is 5.42. The maximum atomic E-state index is 13.2. The molecule has 1 amide bonds. The fourth-order valence-corrected chi connectivity index (χ4v) is 3.81. The third-order valence-electron chi connectivity index (χ3n) is 5.42. The van der Waals surface area contributed by atoms with E-state index in [1.807, 2.05) is 65.6 Å². The molecule has 138 valence electrons. The number of hydrogen-bond acceptors (Lipinski definition) is 4. The average Bonchev–Trinajstić information content (AvgIpc) is 3.25. The third kappa shape index (κ3) is 2.19. The molecule has 0 bridgehead atoms. The van der Waals surface area contributed by atoms with E-state index in [-0.39, 0.29) is 5.91 Å². The lowest BCUT2D eigenvalue weighted by molar-refractivity contribution is -0.137. The second-order valence-electron chi connectivity index (χ2n) is 7.12. The van der Waals surface area contributed by atoms with Gasteiger partial charge in [0.15, 0.2) is 5.84 Å². The fraction of sp³-hybridized carbons (Fsp3) is 0.130. The molecule has 2 aliphatic rings. The van der Waals surface area contributed by atoms with Crippen LogP contribution in [0, 0.1) is 13.8 Å². The van der Waals surface area contributed by atoms with Crippen molar-refractivity contribution < 1.29 is 9.63 Å². The van der Waals surface area contributed by atoms with Gasteiger partial charge in [-0.3, -0.25) is 9.69 Å². The van der Waals surface area contributed by atoms with Gasteiger partial charge in [-0.05, 0) is 43.2 Å². The number of rotatable bonds is 2. The van der Waals surface area contributed by atoms with Gasteiger partial charge in [0.05, 0.1) is 11.3 Å². The van der Waals surface area contributed by atoms with E-state index in [9.17, 15) is 4.79 Å². The number of fused-ring (bicyclic) bond motifs is 2. The summed E-state index contributed by atoms with van der Waals surface area (Å²) in [6.07, 6.45) is 0. The van der Waals surface area contributed by atoms with E-state index in [1.54, 1.807) is 0 Å². The highest BCUT2D eigenvalue weighted by atomic mass is 16.7. The number of para-hydroxylation sites is 1. The van der Waals surface area contributed by atoms with Crippen molar-refractivity contribution in [2.75, 3.05) is 10.2 Å². The summed E-state index contributed by atoms with van der Waals surface area (Å²) in [5.41, 5.74) is 4.21. The molecule has 1 spiro atoms. The number of anilines is 2. The maximum absolute atomic E-state index is 13.2. The van der Waals surface area contributed by atoms with Gasteiger partial charge in [0.2, 0.25) is 0 Å². The second kappa shape index (κ2) is 5.96. The molecule has 5 nitrogen and oxygen atoms in total. The van der Waals surface area contributed by atoms with E-state index >= 15 is 0 Å². The van der Waals surface area contributed by atoms with Crippen LogP contribution in [-0.4, -0.2) is 11.7 Å². The number of carbonyl (C=O) groups is 1. The Kier molecular flexibility index (Phi) is 3.52. The van der Waals surface area contributed by atoms with E-state index in [2.05, 4.69) is 36.5 Å². The summed E-state index contributed by atoms with van der Waals surface area (Å²) in [4.78, 5) is 21.1. The van der Waals surface area contributed by atoms with Crippen molar-refractivity contribution in [3.05, 3.63) is 95.1 Å². The summed E-state index contributed by atoms with van der Waals surface area (Å²) in [6, 6.07) is 23.5. The zero-order valence-corrected chi connectivity index (χ0v) is 15.6. The number of hydrogen-bond donors (Lipinski definition) is 1. The summed E-state index contributed by atoms with van der Waals surface area (Å²) < 4.78 is 0. The molecule has 0 fully saturated rings.